The molecule has 0 radical (unpaired) electrons. The van der Waals surface area contributed by atoms with E-state index < -0.39 is 118 Å². The maximum absolute atomic E-state index is 14.7. The van der Waals surface area contributed by atoms with Crippen LogP contribution in [0.15, 0.2) is 280 Å². The van der Waals surface area contributed by atoms with Crippen molar-refractivity contribution >= 4 is 24.4 Å². The van der Waals surface area contributed by atoms with E-state index in [1.54, 1.807) is 34.6 Å². The number of nitrogens with two attached hydrogens (primary N) is 2. The molecular formula is C114H128F8N16O10. The van der Waals surface area contributed by atoms with Crippen molar-refractivity contribution in [3.8, 4) is 45.0 Å². The number of imidazole rings is 4. The van der Waals surface area contributed by atoms with Crippen LogP contribution in [0, 0.1) is 68.2 Å². The Balaban J connectivity index is 0.000000166. The van der Waals surface area contributed by atoms with Crippen LogP contribution in [-0.4, -0.2) is 159 Å². The van der Waals surface area contributed by atoms with Crippen LogP contribution in [0.2, 0.25) is 0 Å². The number of carbonyl (C=O) groups is 4. The van der Waals surface area contributed by atoms with E-state index in [9.17, 15) is 64.5 Å². The van der Waals surface area contributed by atoms with Gasteiger partial charge in [0, 0.05) is 112 Å². The lowest BCUT2D eigenvalue weighted by Gasteiger charge is -2.36. The summed E-state index contributed by atoms with van der Waals surface area (Å²) in [6, 6.07) is 69.2. The number of ether oxygens (including phenoxy) is 4. The van der Waals surface area contributed by atoms with Crippen molar-refractivity contribution < 1.29 is 83.5 Å². The van der Waals surface area contributed by atoms with Gasteiger partial charge < -0.3 is 80.2 Å². The maximum atomic E-state index is 14.7. The SMILES string of the molecule is CC(C)(C)[C@@H](NC[C@@H](O)CNC(=O)OCc1ccccc1)c1nc(-c2cc(F)ccc2F)cn1Cc1ccccc1.CC(C)(C)[C@@H](NC[C@H](O)CNC(=O)OCc1ccccc1)c1nc(-c2cc(F)ccc2F)cn1Cc1ccccc1.CC(C)(C)[C@H](c1nc(-c2cc(F)ccc2F)cn1Cc1ccccc1)N1C[C@@H](CN)OC1=O.CC(C)(C)[C@H](c1nc(-c2cc(F)ccc2F)cn1Cc1ccccc1)N1C[C@H](CN)OC1=O. The number of aliphatic hydroxyl groups is 2. The van der Waals surface area contributed by atoms with Crippen molar-refractivity contribution in [1.29, 1.82) is 0 Å². The number of carbonyl (C=O) groups excluding carboxylic acids is 4. The van der Waals surface area contributed by atoms with Gasteiger partial charge in [0.1, 0.15) is 95.3 Å². The molecular weight excluding hydrogens is 1910 g/mol. The van der Waals surface area contributed by atoms with E-state index in [1.165, 1.54) is 0 Å². The highest BCUT2D eigenvalue weighted by Gasteiger charge is 2.47. The molecule has 10 N–H and O–H groups in total. The van der Waals surface area contributed by atoms with Gasteiger partial charge in [0.25, 0.3) is 0 Å². The third kappa shape index (κ3) is 30.3. The number of benzene rings is 10. The number of amides is 4. The number of aliphatic hydroxyl groups excluding tert-OH is 2. The van der Waals surface area contributed by atoms with Crippen molar-refractivity contribution in [2.45, 2.75) is 171 Å². The van der Waals surface area contributed by atoms with Crippen LogP contribution in [0.1, 0.15) is 164 Å². The normalized spacial score (nSPS) is 14.9. The van der Waals surface area contributed by atoms with Crippen molar-refractivity contribution in [2.75, 3.05) is 52.4 Å². The van der Waals surface area contributed by atoms with E-state index in [4.69, 9.17) is 50.4 Å². The average molecular weight is 2030 g/mol. The summed E-state index contributed by atoms with van der Waals surface area (Å²) in [5.41, 5.74) is 17.2. The molecule has 2 saturated heterocycles. The predicted octanol–water partition coefficient (Wildman–Crippen LogP) is 21.2. The van der Waals surface area contributed by atoms with Crippen LogP contribution >= 0.6 is 0 Å². The summed E-state index contributed by atoms with van der Waals surface area (Å²) < 4.78 is 143. The van der Waals surface area contributed by atoms with Gasteiger partial charge in [0.05, 0.1) is 72.2 Å². The van der Waals surface area contributed by atoms with Crippen molar-refractivity contribution in [3.63, 3.8) is 0 Å². The van der Waals surface area contributed by atoms with Crippen molar-refractivity contribution in [3.05, 3.63) is 383 Å². The van der Waals surface area contributed by atoms with E-state index in [0.29, 0.717) is 85.3 Å². The molecule has 2 aliphatic heterocycles. The third-order valence-corrected chi connectivity index (χ3v) is 24.7. The first-order valence-electron chi connectivity index (χ1n) is 48.9. The van der Waals surface area contributed by atoms with Gasteiger partial charge in [-0.2, -0.15) is 0 Å². The van der Waals surface area contributed by atoms with E-state index in [2.05, 4.69) is 21.3 Å². The average Bonchev–Trinajstić information content (AvgIpc) is 1.34. The molecule has 26 nitrogen and oxygen atoms in total. The Hall–Kier alpha value is -14.7. The molecule has 0 aliphatic carbocycles. The molecule has 780 valence electrons. The largest absolute Gasteiger partial charge is 0.445 e. The summed E-state index contributed by atoms with van der Waals surface area (Å²) in [5.74, 6) is -2.10. The molecule has 0 bridgehead atoms. The Morgan fingerprint density at radius 1 is 0.358 bits per heavy atom. The van der Waals surface area contributed by atoms with Gasteiger partial charge >= 0.3 is 24.4 Å². The van der Waals surface area contributed by atoms with E-state index in [0.717, 1.165) is 106 Å². The topological polar surface area (TPSA) is 324 Å². The molecule has 8 atom stereocenters. The minimum Gasteiger partial charge on any atom is -0.445 e. The van der Waals surface area contributed by atoms with Gasteiger partial charge in [0.15, 0.2) is 0 Å². The molecule has 0 spiro atoms. The molecule has 0 saturated carbocycles. The Labute approximate surface area is 856 Å². The molecule has 16 rings (SSSR count). The zero-order valence-electron chi connectivity index (χ0n) is 84.9. The molecule has 14 aromatic rings. The summed E-state index contributed by atoms with van der Waals surface area (Å²) >= 11 is 0. The Morgan fingerprint density at radius 2 is 0.601 bits per heavy atom. The van der Waals surface area contributed by atoms with E-state index in [1.807, 2.05) is 283 Å². The van der Waals surface area contributed by atoms with Gasteiger partial charge in [-0.25, -0.2) is 74.2 Å². The number of alkyl carbamates (subject to hydrolysis) is 2. The molecule has 2 fully saturated rings. The van der Waals surface area contributed by atoms with E-state index >= 15 is 0 Å². The molecule has 2 aliphatic rings. The lowest BCUT2D eigenvalue weighted by molar-refractivity contribution is 0.104. The molecule has 10 aromatic carbocycles. The van der Waals surface area contributed by atoms with Crippen LogP contribution in [-0.2, 0) is 58.3 Å². The van der Waals surface area contributed by atoms with Crippen LogP contribution in [0.4, 0.5) is 54.3 Å². The monoisotopic (exact) mass is 2030 g/mol. The molecule has 4 aromatic heterocycles. The summed E-state index contributed by atoms with van der Waals surface area (Å²) in [4.78, 5) is 72.0. The van der Waals surface area contributed by atoms with Crippen molar-refractivity contribution in [2.24, 2.45) is 33.1 Å². The molecule has 6 heterocycles. The Bertz CT molecular complexity index is 6320. The maximum Gasteiger partial charge on any atom is 0.410 e. The summed E-state index contributed by atoms with van der Waals surface area (Å²) in [7, 11) is 0. The molecule has 0 unspecified atom stereocenters. The number of nitrogens with zero attached hydrogens (tertiary/aromatic N) is 10. The number of cyclic esters (lactones) is 2. The van der Waals surface area contributed by atoms with Gasteiger partial charge in [0.2, 0.25) is 0 Å². The second-order valence-corrected chi connectivity index (χ2v) is 40.8. The first kappa shape index (κ1) is 111. The number of nitrogens with one attached hydrogen (secondary N) is 4. The lowest BCUT2D eigenvalue weighted by atomic mass is 9.85. The number of rotatable bonds is 34. The second kappa shape index (κ2) is 50.1. The van der Waals surface area contributed by atoms with Crippen LogP contribution in [0.5, 0.6) is 0 Å². The zero-order valence-corrected chi connectivity index (χ0v) is 84.9. The van der Waals surface area contributed by atoms with Gasteiger partial charge in [-0.3, -0.25) is 9.80 Å². The number of hydrogen-bond donors (Lipinski definition) is 8. The quantitative estimate of drug-likeness (QED) is 0.0137. The first-order valence-corrected chi connectivity index (χ1v) is 48.9. The smallest absolute Gasteiger partial charge is 0.410 e. The summed E-state index contributed by atoms with van der Waals surface area (Å²) in [6.07, 6.45) is 2.06. The first-order chi connectivity index (χ1) is 70.5. The van der Waals surface area contributed by atoms with Gasteiger partial charge in [-0.1, -0.05) is 265 Å². The highest BCUT2D eigenvalue weighted by atomic mass is 19.2. The highest BCUT2D eigenvalue weighted by Crippen LogP contribution is 2.45. The van der Waals surface area contributed by atoms with Gasteiger partial charge in [-0.05, 0) is 128 Å². The fraction of sp³-hybridized carbons (Fsp3) is 0.333. The standard InChI is InChI=1S/2C32H36F2N4O3.2C25H28F2N4O2/c2*1-32(2,3)29(35-17-25(39)18-36-31(40)41-21-23-12-8-5-9-13-23)30-37-28(26-16-24(33)14-15-27(26)34)20-38(30)19-22-10-6-4-7-11-22;2*1-25(2,3)22(31-14-18(12-28)33-24(31)32)23-29-21(19-11-17(26)9-10-20(19)27)15-30(23)13-16-7-5-4-6-8-16/h2*4-16,20,25,29,35,39H,17-19,21H2,1-3H3,(H,36,40);2*4-11,15,18,22H,12-14,28H2,1-3H3/t25-,29+;25-,29-;18-,22+;18-,22-/m1010/s1. The lowest BCUT2D eigenvalue weighted by Crippen LogP contribution is -2.42. The van der Waals surface area contributed by atoms with Crippen molar-refractivity contribution in [1.82, 2.24) is 69.3 Å². The van der Waals surface area contributed by atoms with Crippen LogP contribution < -0.4 is 32.7 Å². The Kier molecular flexibility index (Phi) is 37.5. The van der Waals surface area contributed by atoms with Crippen LogP contribution in [0.25, 0.3) is 45.0 Å². The van der Waals surface area contributed by atoms with E-state index in [-0.39, 0.29) is 97.6 Å². The molecule has 34 heteroatoms. The Morgan fingerprint density at radius 3 is 0.838 bits per heavy atom. The fourth-order valence-electron chi connectivity index (χ4n) is 17.4. The molecule has 148 heavy (non-hydrogen) atoms. The number of hydrogen-bond acceptors (Lipinski definition) is 18. The fourth-order valence-corrected chi connectivity index (χ4v) is 17.4. The predicted molar refractivity (Wildman–Crippen MR) is 551 cm³/mol. The minimum absolute atomic E-state index is 0.0182. The minimum atomic E-state index is -0.915. The second-order valence-electron chi connectivity index (χ2n) is 40.8. The number of halogens is 8. The third-order valence-electron chi connectivity index (χ3n) is 24.7. The van der Waals surface area contributed by atoms with Gasteiger partial charge in [-0.15, -0.1) is 0 Å². The van der Waals surface area contributed by atoms with Crippen LogP contribution in [0.3, 0.4) is 0 Å². The highest BCUT2D eigenvalue weighted by molar-refractivity contribution is 5.72. The summed E-state index contributed by atoms with van der Waals surface area (Å²) in [5, 5.41) is 33.2. The summed E-state index contributed by atoms with van der Waals surface area (Å²) in [6.45, 7) is 27.6. The number of aromatic nitrogens is 8. The molecule has 4 amide bonds. The zero-order chi connectivity index (χ0) is 106.